The first-order valence-electron chi connectivity index (χ1n) is 6.20. The highest BCUT2D eigenvalue weighted by molar-refractivity contribution is 5.91. The van der Waals surface area contributed by atoms with Crippen molar-refractivity contribution in [3.63, 3.8) is 0 Å². The molecule has 1 aliphatic heterocycles. The van der Waals surface area contributed by atoms with Crippen LogP contribution in [0.25, 0.3) is 0 Å². The van der Waals surface area contributed by atoms with Crippen molar-refractivity contribution in [2.45, 2.75) is 25.1 Å². The van der Waals surface area contributed by atoms with Crippen LogP contribution in [0.15, 0.2) is 0 Å². The number of nitrogens with zero attached hydrogens (tertiary/aromatic N) is 2. The zero-order valence-electron chi connectivity index (χ0n) is 11.3. The third-order valence-corrected chi connectivity index (χ3v) is 3.00. The zero-order chi connectivity index (χ0) is 16.2. The molecule has 21 heavy (non-hydrogen) atoms. The summed E-state index contributed by atoms with van der Waals surface area (Å²) in [6, 6.07) is -2.00. The number of carbonyl (C=O) groups is 3. The number of hydrogen-bond acceptors (Lipinski definition) is 3. The van der Waals surface area contributed by atoms with Crippen LogP contribution in [0.2, 0.25) is 0 Å². The Balaban J connectivity index is 2.72. The first-order valence-corrected chi connectivity index (χ1v) is 6.20. The summed E-state index contributed by atoms with van der Waals surface area (Å²) in [7, 11) is 1.18. The van der Waals surface area contributed by atoms with Crippen molar-refractivity contribution in [2.24, 2.45) is 0 Å². The summed E-state index contributed by atoms with van der Waals surface area (Å²) >= 11 is 0. The lowest BCUT2D eigenvalue weighted by Crippen LogP contribution is -2.60. The van der Waals surface area contributed by atoms with Crippen LogP contribution in [-0.2, 0) is 9.59 Å². The molecule has 120 valence electrons. The van der Waals surface area contributed by atoms with Crippen LogP contribution in [0.5, 0.6) is 0 Å². The Morgan fingerprint density at radius 1 is 1.48 bits per heavy atom. The average molecular weight is 311 g/mol. The van der Waals surface area contributed by atoms with E-state index in [0.717, 1.165) is 9.80 Å². The van der Waals surface area contributed by atoms with Gasteiger partial charge in [0.1, 0.15) is 6.04 Å². The van der Waals surface area contributed by atoms with Gasteiger partial charge >= 0.3 is 18.2 Å². The van der Waals surface area contributed by atoms with E-state index in [0.29, 0.717) is 0 Å². The summed E-state index contributed by atoms with van der Waals surface area (Å²) in [4.78, 5) is 36.2. The third-order valence-electron chi connectivity index (χ3n) is 3.00. The number of carboxylic acids is 1. The number of piperazine rings is 1. The Morgan fingerprint density at radius 2 is 2.10 bits per heavy atom. The molecule has 1 unspecified atom stereocenters. The minimum atomic E-state index is -4.39. The Bertz CT molecular complexity index is 427. The highest BCUT2D eigenvalue weighted by atomic mass is 19.4. The molecule has 0 bridgehead atoms. The van der Waals surface area contributed by atoms with Gasteiger partial charge in [0.25, 0.3) is 0 Å². The maximum Gasteiger partial charge on any atom is 0.390 e. The first-order chi connectivity index (χ1) is 9.61. The quantitative estimate of drug-likeness (QED) is 0.779. The van der Waals surface area contributed by atoms with Gasteiger partial charge < -0.3 is 20.2 Å². The van der Waals surface area contributed by atoms with E-state index in [1.807, 2.05) is 0 Å². The van der Waals surface area contributed by atoms with Gasteiger partial charge in [-0.1, -0.05) is 0 Å². The molecule has 0 saturated carbocycles. The predicted octanol–water partition coefficient (Wildman–Crippen LogP) is 0.266. The molecule has 1 fully saturated rings. The third kappa shape index (κ3) is 5.12. The van der Waals surface area contributed by atoms with Crippen molar-refractivity contribution in [1.82, 2.24) is 15.1 Å². The summed E-state index contributed by atoms with van der Waals surface area (Å²) < 4.78 is 36.4. The van der Waals surface area contributed by atoms with Crippen LogP contribution in [0.3, 0.4) is 0 Å². The zero-order valence-corrected chi connectivity index (χ0v) is 11.3. The fourth-order valence-electron chi connectivity index (χ4n) is 1.92. The normalized spacial score (nSPS) is 19.1. The van der Waals surface area contributed by atoms with Gasteiger partial charge in [-0.3, -0.25) is 9.59 Å². The standard InChI is InChI=1S/C11H16F3N3O4/c1-16(4-2-11(12,13)14)10(21)17-5-3-15-9(20)7(17)6-8(18)19/h7H,2-6H2,1H3,(H,15,20)(H,18,19). The molecule has 3 amide bonds. The second-order valence-corrected chi connectivity index (χ2v) is 4.67. The molecule has 7 nitrogen and oxygen atoms in total. The molecule has 1 aliphatic rings. The molecule has 1 heterocycles. The SMILES string of the molecule is CN(CCC(F)(F)F)C(=O)N1CCNC(=O)C1CC(=O)O. The van der Waals surface area contributed by atoms with Crippen molar-refractivity contribution in [1.29, 1.82) is 0 Å². The molecule has 1 atom stereocenters. The summed E-state index contributed by atoms with van der Waals surface area (Å²) in [5.74, 6) is -1.89. The molecule has 0 aliphatic carbocycles. The number of amides is 3. The molecular formula is C11H16F3N3O4. The van der Waals surface area contributed by atoms with E-state index in [9.17, 15) is 27.6 Å². The minimum absolute atomic E-state index is 0.0544. The maximum atomic E-state index is 12.1. The summed E-state index contributed by atoms with van der Waals surface area (Å²) in [6.07, 6.45) is -6.15. The summed E-state index contributed by atoms with van der Waals surface area (Å²) in [5.41, 5.74) is 0. The summed E-state index contributed by atoms with van der Waals surface area (Å²) in [6.45, 7) is -0.368. The number of carboxylic acid groups (broad SMARTS) is 1. The Labute approximate surface area is 118 Å². The number of hydrogen-bond donors (Lipinski definition) is 2. The smallest absolute Gasteiger partial charge is 0.390 e. The van der Waals surface area contributed by atoms with E-state index in [1.54, 1.807) is 0 Å². The van der Waals surface area contributed by atoms with Gasteiger partial charge in [-0.05, 0) is 0 Å². The topological polar surface area (TPSA) is 90.0 Å². The first kappa shape index (κ1) is 17.1. The number of rotatable bonds is 4. The lowest BCUT2D eigenvalue weighted by atomic mass is 10.1. The maximum absolute atomic E-state index is 12.1. The Hall–Kier alpha value is -2.00. The van der Waals surface area contributed by atoms with Crippen molar-refractivity contribution >= 4 is 17.9 Å². The number of halogens is 3. The van der Waals surface area contributed by atoms with Crippen LogP contribution >= 0.6 is 0 Å². The molecule has 0 spiro atoms. The molecule has 1 rings (SSSR count). The van der Waals surface area contributed by atoms with Crippen molar-refractivity contribution in [2.75, 3.05) is 26.7 Å². The van der Waals surface area contributed by atoms with Crippen molar-refractivity contribution in [3.05, 3.63) is 0 Å². The second kappa shape index (κ2) is 6.64. The summed E-state index contributed by atoms with van der Waals surface area (Å²) in [5, 5.41) is 11.2. The van der Waals surface area contributed by atoms with Crippen LogP contribution in [-0.4, -0.2) is 71.7 Å². The average Bonchev–Trinajstić information content (AvgIpc) is 2.36. The Morgan fingerprint density at radius 3 is 2.62 bits per heavy atom. The second-order valence-electron chi connectivity index (χ2n) is 4.67. The fraction of sp³-hybridized carbons (Fsp3) is 0.727. The van der Waals surface area contributed by atoms with E-state index >= 15 is 0 Å². The number of alkyl halides is 3. The number of aliphatic carboxylic acids is 1. The van der Waals surface area contributed by atoms with Gasteiger partial charge in [0.15, 0.2) is 0 Å². The highest BCUT2D eigenvalue weighted by Gasteiger charge is 2.36. The minimum Gasteiger partial charge on any atom is -0.481 e. The molecule has 2 N–H and O–H groups in total. The van der Waals surface area contributed by atoms with E-state index in [2.05, 4.69) is 5.32 Å². The molecule has 1 saturated heterocycles. The Kier molecular flexibility index (Phi) is 5.39. The van der Waals surface area contributed by atoms with Gasteiger partial charge in [-0.15, -0.1) is 0 Å². The van der Waals surface area contributed by atoms with E-state index in [1.165, 1.54) is 7.05 Å². The molecule has 10 heteroatoms. The van der Waals surface area contributed by atoms with Crippen LogP contribution in [0.1, 0.15) is 12.8 Å². The van der Waals surface area contributed by atoms with Gasteiger partial charge in [0.2, 0.25) is 5.91 Å². The van der Waals surface area contributed by atoms with Gasteiger partial charge in [-0.2, -0.15) is 13.2 Å². The van der Waals surface area contributed by atoms with Gasteiger partial charge in [-0.25, -0.2) is 4.79 Å². The largest absolute Gasteiger partial charge is 0.481 e. The number of nitrogens with one attached hydrogen (secondary N) is 1. The molecular weight excluding hydrogens is 295 g/mol. The van der Waals surface area contributed by atoms with E-state index in [-0.39, 0.29) is 13.1 Å². The molecule has 0 aromatic carbocycles. The van der Waals surface area contributed by atoms with Crippen LogP contribution in [0.4, 0.5) is 18.0 Å². The van der Waals surface area contributed by atoms with Crippen LogP contribution < -0.4 is 5.32 Å². The number of carbonyl (C=O) groups excluding carboxylic acids is 2. The lowest BCUT2D eigenvalue weighted by molar-refractivity contribution is -0.142. The van der Waals surface area contributed by atoms with Gasteiger partial charge in [0.05, 0.1) is 12.8 Å². The predicted molar refractivity (Wildman–Crippen MR) is 64.5 cm³/mol. The molecule has 0 radical (unpaired) electrons. The number of urea groups is 1. The lowest BCUT2D eigenvalue weighted by Gasteiger charge is -2.36. The van der Waals surface area contributed by atoms with Gasteiger partial charge in [0, 0.05) is 26.7 Å². The monoisotopic (exact) mass is 311 g/mol. The van der Waals surface area contributed by atoms with E-state index in [4.69, 9.17) is 5.11 Å². The molecule has 0 aromatic rings. The van der Waals surface area contributed by atoms with Crippen molar-refractivity contribution < 1.29 is 32.7 Å². The van der Waals surface area contributed by atoms with Crippen LogP contribution in [0, 0.1) is 0 Å². The fourth-order valence-corrected chi connectivity index (χ4v) is 1.92. The van der Waals surface area contributed by atoms with E-state index < -0.39 is 49.5 Å². The molecule has 0 aromatic heterocycles. The highest BCUT2D eigenvalue weighted by Crippen LogP contribution is 2.20. The van der Waals surface area contributed by atoms with Crippen molar-refractivity contribution in [3.8, 4) is 0 Å².